The molecule has 2 N–H and O–H groups in total. The molecule has 0 saturated carbocycles. The number of carbonyl (C=O) groups is 1. The fourth-order valence-corrected chi connectivity index (χ4v) is 10.1. The number of guanidine groups is 2. The van der Waals surface area contributed by atoms with Gasteiger partial charge < -0.3 is 25.2 Å². The van der Waals surface area contributed by atoms with Gasteiger partial charge in [-0.1, -0.05) is 77.6 Å². The summed E-state index contributed by atoms with van der Waals surface area (Å²) in [6.45, 7) is 8.81. The summed E-state index contributed by atoms with van der Waals surface area (Å²) in [5.41, 5.74) is 0. The van der Waals surface area contributed by atoms with E-state index in [2.05, 4.69) is 48.1 Å². The Bertz CT molecular complexity index is 1080. The quantitative estimate of drug-likeness (QED) is 0.117. The van der Waals surface area contributed by atoms with Gasteiger partial charge >= 0.3 is 5.97 Å². The molecule has 1 unspecified atom stereocenters. The number of nitrogens with one attached hydrogen (secondary N) is 2. The largest absolute Gasteiger partial charge is 0.462 e. The minimum atomic E-state index is -0.148. The predicted molar refractivity (Wildman–Crippen MR) is 193 cm³/mol. The zero-order valence-corrected chi connectivity index (χ0v) is 30.4. The van der Waals surface area contributed by atoms with Crippen molar-refractivity contribution < 1.29 is 9.53 Å². The highest BCUT2D eigenvalue weighted by molar-refractivity contribution is 5.86. The van der Waals surface area contributed by atoms with E-state index in [9.17, 15) is 4.79 Å². The van der Waals surface area contributed by atoms with Crippen LogP contribution in [0.3, 0.4) is 0 Å². The van der Waals surface area contributed by atoms with Crippen molar-refractivity contribution in [2.45, 2.75) is 223 Å². The van der Waals surface area contributed by atoms with Gasteiger partial charge in [0.05, 0.1) is 24.1 Å². The lowest BCUT2D eigenvalue weighted by Gasteiger charge is -2.47. The van der Waals surface area contributed by atoms with E-state index in [1.807, 2.05) is 0 Å². The molecule has 6 aliphatic rings. The Hall–Kier alpha value is -1.99. The van der Waals surface area contributed by atoms with Crippen molar-refractivity contribution in [1.82, 2.24) is 20.4 Å². The molecule has 0 amide bonds. The first kappa shape index (κ1) is 34.9. The van der Waals surface area contributed by atoms with E-state index in [1.165, 1.54) is 128 Å². The Morgan fingerprint density at radius 1 is 0.766 bits per heavy atom. The third kappa shape index (κ3) is 8.60. The molecule has 6 aliphatic heterocycles. The van der Waals surface area contributed by atoms with Crippen molar-refractivity contribution in [2.24, 2.45) is 15.9 Å². The molecule has 266 valence electrons. The fourth-order valence-electron chi connectivity index (χ4n) is 10.1. The Balaban J connectivity index is 0.861. The van der Waals surface area contributed by atoms with Crippen LogP contribution < -0.4 is 10.6 Å². The van der Waals surface area contributed by atoms with Crippen LogP contribution in [-0.4, -0.2) is 82.1 Å². The second kappa shape index (κ2) is 16.6. The highest BCUT2D eigenvalue weighted by atomic mass is 16.5. The minimum Gasteiger partial charge on any atom is -0.462 e. The lowest BCUT2D eigenvalue weighted by atomic mass is 9.89. The molecule has 8 nitrogen and oxygen atoms in total. The van der Waals surface area contributed by atoms with E-state index in [4.69, 9.17) is 14.7 Å². The summed E-state index contributed by atoms with van der Waals surface area (Å²) < 4.78 is 6.11. The molecule has 0 aromatic rings. The first-order valence-electron chi connectivity index (χ1n) is 20.4. The summed E-state index contributed by atoms with van der Waals surface area (Å²) in [6, 6.07) is 3.76. The summed E-state index contributed by atoms with van der Waals surface area (Å²) in [4.78, 5) is 28.9. The lowest BCUT2D eigenvalue weighted by Crippen LogP contribution is -2.63. The Kier molecular flexibility index (Phi) is 12.3. The Labute approximate surface area is 286 Å². The molecule has 0 aromatic carbocycles. The second-order valence-electron chi connectivity index (χ2n) is 16.4. The molecule has 10 atom stereocenters. The van der Waals surface area contributed by atoms with Crippen LogP contribution in [0.2, 0.25) is 0 Å². The van der Waals surface area contributed by atoms with E-state index in [1.54, 1.807) is 0 Å². The highest BCUT2D eigenvalue weighted by Gasteiger charge is 2.51. The maximum absolute atomic E-state index is 13.5. The first-order chi connectivity index (χ1) is 22.9. The summed E-state index contributed by atoms with van der Waals surface area (Å²) in [5, 5.41) is 7.48. The molecule has 6 rings (SSSR count). The molecule has 6 heterocycles. The van der Waals surface area contributed by atoms with E-state index in [0.717, 1.165) is 37.3 Å². The first-order valence-corrected chi connectivity index (χ1v) is 20.4. The molecule has 0 bridgehead atoms. The molecule has 47 heavy (non-hydrogen) atoms. The van der Waals surface area contributed by atoms with Crippen LogP contribution >= 0.6 is 0 Å². The fraction of sp³-hybridized carbons (Fsp3) is 0.923. The number of carbonyl (C=O) groups excluding carboxylic acids is 1. The summed E-state index contributed by atoms with van der Waals surface area (Å²) in [7, 11) is 0. The number of ether oxygens (including phenoxy) is 1. The van der Waals surface area contributed by atoms with Crippen LogP contribution in [0.5, 0.6) is 0 Å². The number of hydrogen-bond donors (Lipinski definition) is 2. The van der Waals surface area contributed by atoms with Gasteiger partial charge in [-0.3, -0.25) is 4.79 Å². The summed E-state index contributed by atoms with van der Waals surface area (Å²) in [6.07, 6.45) is 27.7. The van der Waals surface area contributed by atoms with Crippen LogP contribution in [0.1, 0.15) is 169 Å². The number of nitrogens with zero attached hydrogens (tertiary/aromatic N) is 4. The Morgan fingerprint density at radius 3 is 2.19 bits per heavy atom. The third-order valence-corrected chi connectivity index (χ3v) is 12.5. The molecule has 0 aromatic heterocycles. The van der Waals surface area contributed by atoms with Gasteiger partial charge in [0, 0.05) is 36.3 Å². The van der Waals surface area contributed by atoms with E-state index >= 15 is 0 Å². The van der Waals surface area contributed by atoms with Gasteiger partial charge in [-0.25, -0.2) is 9.98 Å². The number of aliphatic imine (C=N–C) groups is 2. The van der Waals surface area contributed by atoms with E-state index < -0.39 is 0 Å². The molecular formula is C39H68N6O2. The zero-order valence-electron chi connectivity index (χ0n) is 30.4. The standard InChI is InChI=1S/C39H68N6O2/c1-5-6-7-8-9-12-15-19-31-26-34-22-23-35-36(29(4)41-39(43-31)45(34)35)37(46)47-28(3)17-14-11-10-13-16-18-30-25-33-21-20-32-24-27(2)40-38(42-30)44(32)33/h27-36H,5-26H2,1-4H3,(H,40,42)(H,41,43)/t27-,28?,29+,30+,31+,32+,33-,34-,35-,36-/m0/s1. The van der Waals surface area contributed by atoms with Crippen molar-refractivity contribution in [3.8, 4) is 0 Å². The van der Waals surface area contributed by atoms with Gasteiger partial charge in [0.2, 0.25) is 0 Å². The van der Waals surface area contributed by atoms with Crippen molar-refractivity contribution >= 4 is 17.9 Å². The smallest absolute Gasteiger partial charge is 0.313 e. The molecule has 4 fully saturated rings. The molecule has 8 heteroatoms. The topological polar surface area (TPSA) is 81.6 Å². The van der Waals surface area contributed by atoms with Gasteiger partial charge in [-0.2, -0.15) is 0 Å². The van der Waals surface area contributed by atoms with Crippen LogP contribution in [-0.2, 0) is 9.53 Å². The predicted octanol–water partition coefficient (Wildman–Crippen LogP) is 7.70. The highest BCUT2D eigenvalue weighted by Crippen LogP contribution is 2.40. The number of rotatable bonds is 18. The van der Waals surface area contributed by atoms with Crippen molar-refractivity contribution in [2.75, 3.05) is 0 Å². The summed E-state index contributed by atoms with van der Waals surface area (Å²) in [5.74, 6) is 2.09. The summed E-state index contributed by atoms with van der Waals surface area (Å²) >= 11 is 0. The van der Waals surface area contributed by atoms with Crippen molar-refractivity contribution in [3.63, 3.8) is 0 Å². The molecule has 0 radical (unpaired) electrons. The molecule has 4 saturated heterocycles. The Morgan fingerprint density at radius 2 is 1.40 bits per heavy atom. The van der Waals surface area contributed by atoms with Gasteiger partial charge in [0.25, 0.3) is 0 Å². The number of esters is 1. The van der Waals surface area contributed by atoms with Crippen LogP contribution in [0.4, 0.5) is 0 Å². The minimum absolute atomic E-state index is 0.0215. The number of hydrogen-bond acceptors (Lipinski definition) is 8. The number of unbranched alkanes of at least 4 members (excludes halogenated alkanes) is 10. The zero-order chi connectivity index (χ0) is 32.8. The monoisotopic (exact) mass is 653 g/mol. The van der Waals surface area contributed by atoms with Gasteiger partial charge in [-0.15, -0.1) is 0 Å². The normalized spacial score (nSPS) is 34.5. The molecule has 0 aliphatic carbocycles. The van der Waals surface area contributed by atoms with Crippen molar-refractivity contribution in [3.05, 3.63) is 0 Å². The third-order valence-electron chi connectivity index (χ3n) is 12.5. The van der Waals surface area contributed by atoms with E-state index in [0.29, 0.717) is 24.2 Å². The molecule has 0 spiro atoms. The maximum atomic E-state index is 13.5. The average molecular weight is 653 g/mol. The van der Waals surface area contributed by atoms with Crippen molar-refractivity contribution in [1.29, 1.82) is 0 Å². The van der Waals surface area contributed by atoms with Gasteiger partial charge in [0.1, 0.15) is 0 Å². The maximum Gasteiger partial charge on any atom is 0.313 e. The van der Waals surface area contributed by atoms with Crippen LogP contribution in [0.15, 0.2) is 9.98 Å². The lowest BCUT2D eigenvalue weighted by molar-refractivity contribution is -0.156. The van der Waals surface area contributed by atoms with Crippen LogP contribution in [0.25, 0.3) is 0 Å². The van der Waals surface area contributed by atoms with Gasteiger partial charge in [0.15, 0.2) is 11.9 Å². The van der Waals surface area contributed by atoms with Gasteiger partial charge in [-0.05, 0) is 91.4 Å². The molecular weight excluding hydrogens is 584 g/mol. The van der Waals surface area contributed by atoms with Crippen LogP contribution in [0, 0.1) is 5.92 Å². The average Bonchev–Trinajstić information content (AvgIpc) is 3.65. The van der Waals surface area contributed by atoms with E-state index in [-0.39, 0.29) is 30.1 Å². The second-order valence-corrected chi connectivity index (χ2v) is 16.4. The SMILES string of the molecule is CCCCCCCCC[C@@H]1C[C@@H]2CC[C@H]3[C@@H](C(=O)OC(C)CCCCCCC[C@@H]4C[C@@H]5CC[C@@H]6C[C@H](C)NC(=N4)N65)[C@@H](C)N=C(N1)N23.